The summed E-state index contributed by atoms with van der Waals surface area (Å²) in [6.07, 6.45) is 2.64. The number of hydrogen-bond acceptors (Lipinski definition) is 5. The molecular formula is C24H29N3O4. The van der Waals surface area contributed by atoms with E-state index in [1.165, 1.54) is 0 Å². The van der Waals surface area contributed by atoms with Crippen molar-refractivity contribution in [3.05, 3.63) is 53.7 Å². The highest BCUT2D eigenvalue weighted by molar-refractivity contribution is 5.96. The number of nitrogens with one attached hydrogen (secondary N) is 1. The standard InChI is InChI=1S/C24H29N3O4/c1-17-6-3-9-22(25-17)26-24(30)19-7-5-15-27(16-19)23(29)10-4-8-21(28)18-11-13-20(31-2)14-12-18/h3,6,9,11-14,19H,4-5,7-8,10,15-16H2,1-2H3,(H,25,26,30). The smallest absolute Gasteiger partial charge is 0.230 e. The number of carbonyl (C=O) groups excluding carboxylic acids is 3. The first-order valence-corrected chi connectivity index (χ1v) is 10.7. The lowest BCUT2D eigenvalue weighted by Crippen LogP contribution is -2.43. The fourth-order valence-electron chi connectivity index (χ4n) is 3.74. The Bertz CT molecular complexity index is 927. The van der Waals surface area contributed by atoms with Crippen LogP contribution < -0.4 is 10.1 Å². The highest BCUT2D eigenvalue weighted by atomic mass is 16.5. The molecule has 2 heterocycles. The number of piperidine rings is 1. The topological polar surface area (TPSA) is 88.6 Å². The first kappa shape index (κ1) is 22.5. The van der Waals surface area contributed by atoms with Crippen molar-refractivity contribution < 1.29 is 19.1 Å². The lowest BCUT2D eigenvalue weighted by Gasteiger charge is -2.32. The summed E-state index contributed by atoms with van der Waals surface area (Å²) in [5, 5.41) is 2.85. The van der Waals surface area contributed by atoms with Crippen LogP contribution in [0.3, 0.4) is 0 Å². The third-order valence-electron chi connectivity index (χ3n) is 5.49. The highest BCUT2D eigenvalue weighted by Gasteiger charge is 2.28. The highest BCUT2D eigenvalue weighted by Crippen LogP contribution is 2.20. The van der Waals surface area contributed by atoms with Gasteiger partial charge in [-0.25, -0.2) is 4.98 Å². The Balaban J connectivity index is 1.45. The van der Waals surface area contributed by atoms with E-state index in [-0.39, 0.29) is 23.5 Å². The number of pyridine rings is 1. The van der Waals surface area contributed by atoms with Crippen LogP contribution in [-0.2, 0) is 9.59 Å². The number of ether oxygens (including phenoxy) is 1. The van der Waals surface area contributed by atoms with Gasteiger partial charge in [0.2, 0.25) is 11.8 Å². The number of likely N-dealkylation sites (tertiary alicyclic amines) is 1. The molecule has 7 heteroatoms. The molecule has 1 N–H and O–H groups in total. The Morgan fingerprint density at radius 1 is 1.13 bits per heavy atom. The summed E-state index contributed by atoms with van der Waals surface area (Å²) in [5.74, 6) is 0.885. The van der Waals surface area contributed by atoms with E-state index < -0.39 is 0 Å². The molecule has 1 aliphatic rings. The van der Waals surface area contributed by atoms with Gasteiger partial charge >= 0.3 is 0 Å². The van der Waals surface area contributed by atoms with Gasteiger partial charge in [0.05, 0.1) is 13.0 Å². The third-order valence-corrected chi connectivity index (χ3v) is 5.49. The van der Waals surface area contributed by atoms with E-state index in [0.717, 1.165) is 18.5 Å². The molecule has 3 rings (SSSR count). The molecule has 1 fully saturated rings. The zero-order chi connectivity index (χ0) is 22.2. The number of benzene rings is 1. The van der Waals surface area contributed by atoms with Crippen LogP contribution in [-0.4, -0.2) is 47.7 Å². The Hall–Kier alpha value is -3.22. The Morgan fingerprint density at radius 3 is 2.61 bits per heavy atom. The summed E-state index contributed by atoms with van der Waals surface area (Å²) < 4.78 is 5.10. The quantitative estimate of drug-likeness (QED) is 0.655. The van der Waals surface area contributed by atoms with Crippen LogP contribution in [0.1, 0.15) is 48.2 Å². The van der Waals surface area contributed by atoms with E-state index in [0.29, 0.717) is 49.5 Å². The van der Waals surface area contributed by atoms with E-state index in [1.54, 1.807) is 42.3 Å². The molecule has 1 aliphatic heterocycles. The van der Waals surface area contributed by atoms with Gasteiger partial charge in [-0.05, 0) is 62.6 Å². The van der Waals surface area contributed by atoms with Gasteiger partial charge < -0.3 is 15.0 Å². The van der Waals surface area contributed by atoms with Crippen molar-refractivity contribution in [2.24, 2.45) is 5.92 Å². The lowest BCUT2D eigenvalue weighted by atomic mass is 9.96. The molecule has 164 valence electrons. The van der Waals surface area contributed by atoms with Gasteiger partial charge in [0.25, 0.3) is 0 Å². The molecule has 0 bridgehead atoms. The molecule has 0 radical (unpaired) electrons. The second-order valence-corrected chi connectivity index (χ2v) is 7.84. The maximum Gasteiger partial charge on any atom is 0.230 e. The van der Waals surface area contributed by atoms with Gasteiger partial charge in [0, 0.05) is 37.2 Å². The second-order valence-electron chi connectivity index (χ2n) is 7.84. The minimum atomic E-state index is -0.249. The fourth-order valence-corrected chi connectivity index (χ4v) is 3.74. The maximum absolute atomic E-state index is 12.6. The summed E-state index contributed by atoms with van der Waals surface area (Å²) in [6, 6.07) is 12.5. The number of amides is 2. The van der Waals surface area contributed by atoms with E-state index in [1.807, 2.05) is 19.1 Å². The van der Waals surface area contributed by atoms with Crippen molar-refractivity contribution in [3.8, 4) is 5.75 Å². The minimum Gasteiger partial charge on any atom is -0.497 e. The molecule has 7 nitrogen and oxygen atoms in total. The van der Waals surface area contributed by atoms with E-state index >= 15 is 0 Å². The normalized spacial score (nSPS) is 15.9. The first-order valence-electron chi connectivity index (χ1n) is 10.7. The van der Waals surface area contributed by atoms with Crippen molar-refractivity contribution in [1.82, 2.24) is 9.88 Å². The predicted octanol–water partition coefficient (Wildman–Crippen LogP) is 3.63. The van der Waals surface area contributed by atoms with Gasteiger partial charge in [-0.2, -0.15) is 0 Å². The summed E-state index contributed by atoms with van der Waals surface area (Å²) in [6.45, 7) is 2.93. The number of anilines is 1. The number of hydrogen-bond donors (Lipinski definition) is 1. The molecular weight excluding hydrogens is 394 g/mol. The first-order chi connectivity index (χ1) is 15.0. The molecule has 1 saturated heterocycles. The second kappa shape index (κ2) is 10.7. The zero-order valence-corrected chi connectivity index (χ0v) is 18.1. The van der Waals surface area contributed by atoms with Crippen molar-refractivity contribution in [2.45, 2.75) is 39.0 Å². The number of Topliss-reactive ketones (excluding diaryl/α,β-unsaturated/α-hetero) is 1. The van der Waals surface area contributed by atoms with Crippen LogP contribution in [0.2, 0.25) is 0 Å². The van der Waals surface area contributed by atoms with E-state index in [2.05, 4.69) is 10.3 Å². The van der Waals surface area contributed by atoms with E-state index in [9.17, 15) is 14.4 Å². The maximum atomic E-state index is 12.6. The minimum absolute atomic E-state index is 0.00582. The Kier molecular flexibility index (Phi) is 7.76. The Morgan fingerprint density at radius 2 is 1.90 bits per heavy atom. The largest absolute Gasteiger partial charge is 0.497 e. The van der Waals surface area contributed by atoms with Crippen LogP contribution >= 0.6 is 0 Å². The number of aromatic nitrogens is 1. The molecule has 1 aromatic carbocycles. The molecule has 2 aromatic rings. The monoisotopic (exact) mass is 423 g/mol. The van der Waals surface area contributed by atoms with Crippen molar-refractivity contribution in [2.75, 3.05) is 25.5 Å². The number of carbonyl (C=O) groups is 3. The average molecular weight is 424 g/mol. The van der Waals surface area contributed by atoms with Crippen LogP contribution in [0, 0.1) is 12.8 Å². The van der Waals surface area contributed by atoms with Gasteiger partial charge in [0.1, 0.15) is 11.6 Å². The number of rotatable bonds is 8. The average Bonchev–Trinajstić information content (AvgIpc) is 2.79. The van der Waals surface area contributed by atoms with Crippen LogP contribution in [0.15, 0.2) is 42.5 Å². The molecule has 1 unspecified atom stereocenters. The molecule has 0 saturated carbocycles. The van der Waals surface area contributed by atoms with Crippen molar-refractivity contribution in [1.29, 1.82) is 0 Å². The third kappa shape index (κ3) is 6.38. The fraction of sp³-hybridized carbons (Fsp3) is 0.417. The molecule has 2 amide bonds. The number of aryl methyl sites for hydroxylation is 1. The summed E-state index contributed by atoms with van der Waals surface area (Å²) in [4.78, 5) is 43.6. The van der Waals surface area contributed by atoms with Crippen LogP contribution in [0.25, 0.3) is 0 Å². The van der Waals surface area contributed by atoms with Crippen LogP contribution in [0.5, 0.6) is 5.75 Å². The predicted molar refractivity (Wildman–Crippen MR) is 118 cm³/mol. The number of methoxy groups -OCH3 is 1. The van der Waals surface area contributed by atoms with Gasteiger partial charge in [-0.3, -0.25) is 14.4 Å². The van der Waals surface area contributed by atoms with Crippen molar-refractivity contribution >= 4 is 23.4 Å². The summed E-state index contributed by atoms with van der Waals surface area (Å²) in [7, 11) is 1.58. The molecule has 0 spiro atoms. The molecule has 1 aromatic heterocycles. The van der Waals surface area contributed by atoms with Gasteiger partial charge in [-0.1, -0.05) is 6.07 Å². The van der Waals surface area contributed by atoms with Gasteiger partial charge in [0.15, 0.2) is 5.78 Å². The van der Waals surface area contributed by atoms with E-state index in [4.69, 9.17) is 4.74 Å². The molecule has 31 heavy (non-hydrogen) atoms. The van der Waals surface area contributed by atoms with Crippen molar-refractivity contribution in [3.63, 3.8) is 0 Å². The SMILES string of the molecule is COc1ccc(C(=O)CCCC(=O)N2CCCC(C(=O)Nc3cccc(C)n3)C2)cc1. The lowest BCUT2D eigenvalue weighted by molar-refractivity contribution is -0.134. The molecule has 0 aliphatic carbocycles. The Labute approximate surface area is 182 Å². The molecule has 1 atom stereocenters. The van der Waals surface area contributed by atoms with Crippen LogP contribution in [0.4, 0.5) is 5.82 Å². The van der Waals surface area contributed by atoms with Gasteiger partial charge in [-0.15, -0.1) is 0 Å². The summed E-state index contributed by atoms with van der Waals surface area (Å²) in [5.41, 5.74) is 1.45. The summed E-state index contributed by atoms with van der Waals surface area (Å²) >= 11 is 0. The number of ketones is 1. The number of nitrogens with zero attached hydrogens (tertiary/aromatic N) is 2. The zero-order valence-electron chi connectivity index (χ0n) is 18.1.